The first-order valence-corrected chi connectivity index (χ1v) is 4.58. The van der Waals surface area contributed by atoms with Gasteiger partial charge in [0.05, 0.1) is 0 Å². The molecule has 1 rings (SSSR count). The molecule has 0 aromatic carbocycles. The number of nitrogens with zero attached hydrogens (tertiary/aromatic N) is 1. The van der Waals surface area contributed by atoms with E-state index in [-0.39, 0.29) is 6.04 Å². The van der Waals surface area contributed by atoms with Gasteiger partial charge in [-0.25, -0.2) is 8.78 Å². The van der Waals surface area contributed by atoms with Crippen LogP contribution >= 0.6 is 0 Å². The Kier molecular flexibility index (Phi) is 4.02. The van der Waals surface area contributed by atoms with Gasteiger partial charge in [-0.1, -0.05) is 0 Å². The predicted molar refractivity (Wildman–Crippen MR) is 47.9 cm³/mol. The number of rotatable bonds is 3. The molecule has 13 heavy (non-hydrogen) atoms. The van der Waals surface area contributed by atoms with Crippen LogP contribution in [0.5, 0.6) is 0 Å². The zero-order chi connectivity index (χ0) is 9.84. The van der Waals surface area contributed by atoms with Crippen molar-refractivity contribution in [2.45, 2.75) is 25.6 Å². The zero-order valence-corrected chi connectivity index (χ0v) is 8.06. The van der Waals surface area contributed by atoms with Crippen molar-refractivity contribution < 1.29 is 8.78 Å². The summed E-state index contributed by atoms with van der Waals surface area (Å²) in [5, 5.41) is 5.45. The van der Waals surface area contributed by atoms with Gasteiger partial charge in [0.25, 0.3) is 0 Å². The number of hydrogen-bond donors (Lipinski definition) is 2. The van der Waals surface area contributed by atoms with Crippen molar-refractivity contribution in [3.8, 4) is 0 Å². The second kappa shape index (κ2) is 4.83. The van der Waals surface area contributed by atoms with Gasteiger partial charge in [0, 0.05) is 25.7 Å². The number of hydrogen-bond acceptors (Lipinski definition) is 3. The summed E-state index contributed by atoms with van der Waals surface area (Å²) in [6, 6.07) is 0.184. The SMILES string of the molecule is CNC(C)CN1CCNC(F)C1F. The van der Waals surface area contributed by atoms with Gasteiger partial charge in [-0.3, -0.25) is 10.2 Å². The second-order valence-electron chi connectivity index (χ2n) is 3.41. The Morgan fingerprint density at radius 2 is 2.31 bits per heavy atom. The van der Waals surface area contributed by atoms with E-state index in [1.165, 1.54) is 4.90 Å². The smallest absolute Gasteiger partial charge is 0.198 e. The maximum absolute atomic E-state index is 13.2. The number of nitrogens with one attached hydrogen (secondary N) is 2. The normalized spacial score (nSPS) is 33.2. The van der Waals surface area contributed by atoms with E-state index in [1.54, 1.807) is 0 Å². The molecule has 3 atom stereocenters. The first kappa shape index (κ1) is 10.8. The largest absolute Gasteiger partial charge is 0.316 e. The fourth-order valence-corrected chi connectivity index (χ4v) is 1.39. The van der Waals surface area contributed by atoms with Crippen molar-refractivity contribution >= 4 is 0 Å². The Balaban J connectivity index is 2.39. The van der Waals surface area contributed by atoms with Crippen LogP contribution in [0.15, 0.2) is 0 Å². The quantitative estimate of drug-likeness (QED) is 0.622. The third-order valence-corrected chi connectivity index (χ3v) is 2.33. The van der Waals surface area contributed by atoms with Crippen molar-refractivity contribution in [2.75, 3.05) is 26.7 Å². The minimum Gasteiger partial charge on any atom is -0.316 e. The summed E-state index contributed by atoms with van der Waals surface area (Å²) in [5.41, 5.74) is 0. The van der Waals surface area contributed by atoms with Crippen molar-refractivity contribution in [2.24, 2.45) is 0 Å². The van der Waals surface area contributed by atoms with Crippen LogP contribution in [0.1, 0.15) is 6.92 Å². The lowest BCUT2D eigenvalue weighted by atomic mass is 10.2. The lowest BCUT2D eigenvalue weighted by Gasteiger charge is -2.34. The molecule has 0 bridgehead atoms. The molecule has 1 aliphatic heterocycles. The molecule has 0 amide bonds. The van der Waals surface area contributed by atoms with Gasteiger partial charge in [0.15, 0.2) is 12.6 Å². The lowest BCUT2D eigenvalue weighted by Crippen LogP contribution is -2.56. The fourth-order valence-electron chi connectivity index (χ4n) is 1.39. The molecular weight excluding hydrogens is 176 g/mol. The molecule has 0 spiro atoms. The lowest BCUT2D eigenvalue weighted by molar-refractivity contribution is -0.0312. The van der Waals surface area contributed by atoms with E-state index in [0.29, 0.717) is 19.6 Å². The molecule has 0 aromatic rings. The molecule has 1 heterocycles. The van der Waals surface area contributed by atoms with E-state index in [2.05, 4.69) is 10.6 Å². The number of likely N-dealkylation sites (N-methyl/N-ethyl adjacent to an activating group) is 1. The Morgan fingerprint density at radius 3 is 2.92 bits per heavy atom. The van der Waals surface area contributed by atoms with E-state index in [4.69, 9.17) is 0 Å². The average Bonchev–Trinajstić information content (AvgIpc) is 2.13. The van der Waals surface area contributed by atoms with E-state index < -0.39 is 12.6 Å². The standard InChI is InChI=1S/C8H17F2N3/c1-6(11-2)5-13-4-3-12-7(9)8(13)10/h6-8,11-12H,3-5H2,1-2H3. The second-order valence-corrected chi connectivity index (χ2v) is 3.41. The van der Waals surface area contributed by atoms with Crippen molar-refractivity contribution in [3.05, 3.63) is 0 Å². The van der Waals surface area contributed by atoms with Crippen LogP contribution in [0.4, 0.5) is 8.78 Å². The van der Waals surface area contributed by atoms with Gasteiger partial charge in [-0.05, 0) is 14.0 Å². The Bertz CT molecular complexity index is 156. The van der Waals surface area contributed by atoms with Crippen LogP contribution in [0, 0.1) is 0 Å². The van der Waals surface area contributed by atoms with E-state index in [9.17, 15) is 8.78 Å². The maximum Gasteiger partial charge on any atom is 0.198 e. The van der Waals surface area contributed by atoms with Gasteiger partial charge in [-0.15, -0.1) is 0 Å². The molecule has 3 nitrogen and oxygen atoms in total. The summed E-state index contributed by atoms with van der Waals surface area (Å²) in [6.45, 7) is 3.56. The van der Waals surface area contributed by atoms with Gasteiger partial charge < -0.3 is 5.32 Å². The van der Waals surface area contributed by atoms with Crippen LogP contribution in [-0.4, -0.2) is 50.2 Å². The van der Waals surface area contributed by atoms with E-state index in [1.807, 2.05) is 14.0 Å². The first-order chi connectivity index (χ1) is 6.15. The molecular formula is C8H17F2N3. The number of piperazine rings is 1. The minimum absolute atomic E-state index is 0.184. The summed E-state index contributed by atoms with van der Waals surface area (Å²) in [6.07, 6.45) is -3.05. The summed E-state index contributed by atoms with van der Waals surface area (Å²) < 4.78 is 26.0. The van der Waals surface area contributed by atoms with Crippen LogP contribution in [0.25, 0.3) is 0 Å². The van der Waals surface area contributed by atoms with Gasteiger partial charge in [-0.2, -0.15) is 0 Å². The molecule has 0 radical (unpaired) electrons. The Morgan fingerprint density at radius 1 is 1.62 bits per heavy atom. The summed E-state index contributed by atoms with van der Waals surface area (Å²) in [5.74, 6) is 0. The van der Waals surface area contributed by atoms with Gasteiger partial charge >= 0.3 is 0 Å². The Hall–Kier alpha value is -0.260. The minimum atomic E-state index is -1.54. The van der Waals surface area contributed by atoms with Crippen LogP contribution < -0.4 is 10.6 Å². The molecule has 0 aromatic heterocycles. The monoisotopic (exact) mass is 193 g/mol. The van der Waals surface area contributed by atoms with Crippen LogP contribution in [-0.2, 0) is 0 Å². The molecule has 0 aliphatic carbocycles. The third kappa shape index (κ3) is 2.86. The molecule has 78 valence electrons. The first-order valence-electron chi connectivity index (χ1n) is 4.58. The van der Waals surface area contributed by atoms with Crippen LogP contribution in [0.3, 0.4) is 0 Å². The van der Waals surface area contributed by atoms with Crippen molar-refractivity contribution in [1.82, 2.24) is 15.5 Å². The third-order valence-electron chi connectivity index (χ3n) is 2.33. The zero-order valence-electron chi connectivity index (χ0n) is 8.06. The summed E-state index contributed by atoms with van der Waals surface area (Å²) in [7, 11) is 1.81. The van der Waals surface area contributed by atoms with Crippen LogP contribution in [0.2, 0.25) is 0 Å². The topological polar surface area (TPSA) is 27.3 Å². The summed E-state index contributed by atoms with van der Waals surface area (Å²) >= 11 is 0. The van der Waals surface area contributed by atoms with Crippen molar-refractivity contribution in [1.29, 1.82) is 0 Å². The maximum atomic E-state index is 13.2. The number of halogens is 2. The van der Waals surface area contributed by atoms with Gasteiger partial charge in [0.1, 0.15) is 0 Å². The summed E-state index contributed by atoms with van der Waals surface area (Å²) in [4.78, 5) is 1.52. The van der Waals surface area contributed by atoms with E-state index in [0.717, 1.165) is 0 Å². The molecule has 1 fully saturated rings. The molecule has 2 N–H and O–H groups in total. The highest BCUT2D eigenvalue weighted by molar-refractivity contribution is 4.78. The molecule has 1 saturated heterocycles. The molecule has 0 saturated carbocycles. The number of alkyl halides is 2. The fraction of sp³-hybridized carbons (Fsp3) is 1.00. The molecule has 1 aliphatic rings. The predicted octanol–water partition coefficient (Wildman–Crippen LogP) is 0.0907. The van der Waals surface area contributed by atoms with E-state index >= 15 is 0 Å². The van der Waals surface area contributed by atoms with Gasteiger partial charge in [0.2, 0.25) is 0 Å². The highest BCUT2D eigenvalue weighted by Crippen LogP contribution is 2.12. The highest BCUT2D eigenvalue weighted by Gasteiger charge is 2.31. The molecule has 3 unspecified atom stereocenters. The van der Waals surface area contributed by atoms with Crippen molar-refractivity contribution in [3.63, 3.8) is 0 Å². The molecule has 5 heteroatoms. The Labute approximate surface area is 77.5 Å². The average molecular weight is 193 g/mol. The highest BCUT2D eigenvalue weighted by atomic mass is 19.2.